The molecule has 4 heterocycles. The minimum atomic E-state index is -0.105. The molecular weight excluding hydrogens is 404 g/mol. The fourth-order valence-electron chi connectivity index (χ4n) is 4.27. The number of benzene rings is 1. The number of aromatic nitrogens is 3. The summed E-state index contributed by atoms with van der Waals surface area (Å²) in [6.07, 6.45) is 5.52. The third-order valence-electron chi connectivity index (χ3n) is 5.95. The summed E-state index contributed by atoms with van der Waals surface area (Å²) < 4.78 is 12.9. The Morgan fingerprint density at radius 3 is 2.88 bits per heavy atom. The Labute approximate surface area is 186 Å². The van der Waals surface area contributed by atoms with Crippen LogP contribution in [0, 0.1) is 5.92 Å². The highest BCUT2D eigenvalue weighted by Crippen LogP contribution is 2.26. The van der Waals surface area contributed by atoms with Crippen molar-refractivity contribution in [3.05, 3.63) is 72.3 Å². The van der Waals surface area contributed by atoms with E-state index in [1.807, 2.05) is 48.5 Å². The van der Waals surface area contributed by atoms with Gasteiger partial charge in [-0.2, -0.15) is 5.10 Å². The second-order valence-electron chi connectivity index (χ2n) is 8.32. The molecule has 2 atom stereocenters. The number of nitrogens with zero attached hydrogens (tertiary/aromatic N) is 3. The van der Waals surface area contributed by atoms with Crippen LogP contribution in [0.4, 0.5) is 0 Å². The maximum absolute atomic E-state index is 13.3. The van der Waals surface area contributed by atoms with Crippen LogP contribution < -0.4 is 5.32 Å². The van der Waals surface area contributed by atoms with Crippen LogP contribution in [-0.4, -0.2) is 39.9 Å². The first-order valence-electron chi connectivity index (χ1n) is 11.0. The minimum absolute atomic E-state index is 0.105. The van der Waals surface area contributed by atoms with Gasteiger partial charge in [0.15, 0.2) is 5.65 Å². The molecule has 0 bridgehead atoms. The predicted molar refractivity (Wildman–Crippen MR) is 121 cm³/mol. The third-order valence-corrected chi connectivity index (χ3v) is 5.95. The quantitative estimate of drug-likeness (QED) is 0.494. The zero-order valence-electron chi connectivity index (χ0n) is 18.0. The Morgan fingerprint density at radius 2 is 2.09 bits per heavy atom. The summed E-state index contributed by atoms with van der Waals surface area (Å²) in [6.45, 7) is 3.92. The molecule has 1 N–H and O–H groups in total. The molecule has 1 fully saturated rings. The van der Waals surface area contributed by atoms with Crippen molar-refractivity contribution in [2.75, 3.05) is 13.2 Å². The number of carbonyl (C=O) groups excluding carboxylic acids is 1. The molecule has 1 aliphatic heterocycles. The SMILES string of the molecule is C[C@H]1C[C@H](CNC(=O)c2cc(-c3ccccc3)nc3c2cnn3Cc2ccco2)CCO1. The lowest BCUT2D eigenvalue weighted by atomic mass is 9.96. The maximum Gasteiger partial charge on any atom is 0.252 e. The number of hydrogen-bond acceptors (Lipinski definition) is 5. The third kappa shape index (κ3) is 4.29. The Balaban J connectivity index is 1.48. The van der Waals surface area contributed by atoms with E-state index in [0.717, 1.165) is 41.9 Å². The first-order valence-corrected chi connectivity index (χ1v) is 11.0. The van der Waals surface area contributed by atoms with Crippen LogP contribution in [0.2, 0.25) is 0 Å². The molecule has 0 radical (unpaired) electrons. The van der Waals surface area contributed by atoms with Crippen LogP contribution in [0.3, 0.4) is 0 Å². The van der Waals surface area contributed by atoms with Crippen molar-refractivity contribution in [2.24, 2.45) is 5.92 Å². The van der Waals surface area contributed by atoms with E-state index in [-0.39, 0.29) is 12.0 Å². The topological polar surface area (TPSA) is 82.2 Å². The average molecular weight is 431 g/mol. The molecule has 164 valence electrons. The summed E-state index contributed by atoms with van der Waals surface area (Å²) >= 11 is 0. The fourth-order valence-corrected chi connectivity index (χ4v) is 4.27. The van der Waals surface area contributed by atoms with Gasteiger partial charge >= 0.3 is 0 Å². The Morgan fingerprint density at radius 1 is 1.22 bits per heavy atom. The lowest BCUT2D eigenvalue weighted by Gasteiger charge is -2.27. The lowest BCUT2D eigenvalue weighted by molar-refractivity contribution is 0.00302. The number of ether oxygens (including phenoxy) is 1. The van der Waals surface area contributed by atoms with Gasteiger partial charge in [-0.3, -0.25) is 4.79 Å². The predicted octanol–water partition coefficient (Wildman–Crippen LogP) is 4.28. The molecule has 7 heteroatoms. The number of carbonyl (C=O) groups is 1. The summed E-state index contributed by atoms with van der Waals surface area (Å²) in [4.78, 5) is 18.1. The average Bonchev–Trinajstić information content (AvgIpc) is 3.48. The zero-order valence-corrected chi connectivity index (χ0v) is 18.0. The number of fused-ring (bicyclic) bond motifs is 1. The standard InChI is InChI=1S/C25H26N4O3/c1-17-12-18(9-11-31-17)14-26-25(30)21-13-23(19-6-3-2-4-7-19)28-24-22(21)15-27-29(24)16-20-8-5-10-32-20/h2-8,10,13,15,17-18H,9,11-12,14,16H2,1H3,(H,26,30)/t17-,18+/m0/s1. The van der Waals surface area contributed by atoms with Crippen LogP contribution in [0.25, 0.3) is 22.3 Å². The molecule has 1 aliphatic rings. The van der Waals surface area contributed by atoms with Gasteiger partial charge in [0.05, 0.1) is 35.2 Å². The molecule has 1 saturated heterocycles. The fraction of sp³-hybridized carbons (Fsp3) is 0.320. The Bertz CT molecular complexity index is 1200. The first kappa shape index (κ1) is 20.5. The number of rotatable bonds is 6. The van der Waals surface area contributed by atoms with Gasteiger partial charge in [-0.05, 0) is 43.9 Å². The van der Waals surface area contributed by atoms with Crippen molar-refractivity contribution in [3.8, 4) is 11.3 Å². The number of nitrogens with one attached hydrogen (secondary N) is 1. The van der Waals surface area contributed by atoms with E-state index in [4.69, 9.17) is 14.1 Å². The van der Waals surface area contributed by atoms with Crippen LogP contribution in [-0.2, 0) is 11.3 Å². The summed E-state index contributed by atoms with van der Waals surface area (Å²) in [7, 11) is 0. The highest BCUT2D eigenvalue weighted by Gasteiger charge is 2.22. The van der Waals surface area contributed by atoms with Crippen molar-refractivity contribution in [3.63, 3.8) is 0 Å². The number of furan rings is 1. The molecule has 3 aromatic heterocycles. The normalized spacial score (nSPS) is 18.7. The van der Waals surface area contributed by atoms with Crippen molar-refractivity contribution < 1.29 is 13.9 Å². The Hall–Kier alpha value is -3.45. The van der Waals surface area contributed by atoms with Gasteiger partial charge in [0.1, 0.15) is 12.3 Å². The minimum Gasteiger partial charge on any atom is -0.467 e. The van der Waals surface area contributed by atoms with Gasteiger partial charge in [0.2, 0.25) is 0 Å². The van der Waals surface area contributed by atoms with Gasteiger partial charge in [-0.1, -0.05) is 30.3 Å². The summed E-state index contributed by atoms with van der Waals surface area (Å²) in [5, 5.41) is 8.37. The van der Waals surface area contributed by atoms with Gasteiger partial charge in [-0.15, -0.1) is 0 Å². The maximum atomic E-state index is 13.3. The van der Waals surface area contributed by atoms with Crippen molar-refractivity contribution >= 4 is 16.9 Å². The molecule has 4 aromatic rings. The molecule has 7 nitrogen and oxygen atoms in total. The van der Waals surface area contributed by atoms with Crippen molar-refractivity contribution in [2.45, 2.75) is 32.4 Å². The van der Waals surface area contributed by atoms with Gasteiger partial charge in [-0.25, -0.2) is 9.67 Å². The molecule has 0 saturated carbocycles. The van der Waals surface area contributed by atoms with Crippen LogP contribution >= 0.6 is 0 Å². The largest absolute Gasteiger partial charge is 0.467 e. The molecule has 32 heavy (non-hydrogen) atoms. The molecule has 1 aromatic carbocycles. The monoisotopic (exact) mass is 430 g/mol. The van der Waals surface area contributed by atoms with Gasteiger partial charge in [0, 0.05) is 18.7 Å². The van der Waals surface area contributed by atoms with Crippen LogP contribution in [0.5, 0.6) is 0 Å². The summed E-state index contributed by atoms with van der Waals surface area (Å²) in [5.41, 5.74) is 2.93. The lowest BCUT2D eigenvalue weighted by Crippen LogP contribution is -2.34. The summed E-state index contributed by atoms with van der Waals surface area (Å²) in [6, 6.07) is 15.5. The number of amides is 1. The number of hydrogen-bond donors (Lipinski definition) is 1. The molecule has 1 amide bonds. The van der Waals surface area contributed by atoms with Crippen molar-refractivity contribution in [1.82, 2.24) is 20.1 Å². The molecular formula is C25H26N4O3. The zero-order chi connectivity index (χ0) is 21.9. The second kappa shape index (κ2) is 8.96. The molecule has 0 unspecified atom stereocenters. The van der Waals surface area contributed by atoms with E-state index in [1.165, 1.54) is 0 Å². The summed E-state index contributed by atoms with van der Waals surface area (Å²) in [5.74, 6) is 1.10. The Kier molecular flexibility index (Phi) is 5.73. The molecule has 0 spiro atoms. The van der Waals surface area contributed by atoms with Gasteiger partial charge in [0.25, 0.3) is 5.91 Å². The van der Waals surface area contributed by atoms with Gasteiger partial charge < -0.3 is 14.5 Å². The highest BCUT2D eigenvalue weighted by atomic mass is 16.5. The van der Waals surface area contributed by atoms with E-state index >= 15 is 0 Å². The van der Waals surface area contributed by atoms with Crippen LogP contribution in [0.15, 0.2) is 65.4 Å². The van der Waals surface area contributed by atoms with E-state index in [1.54, 1.807) is 17.1 Å². The van der Waals surface area contributed by atoms with E-state index in [0.29, 0.717) is 30.2 Å². The smallest absolute Gasteiger partial charge is 0.252 e. The van der Waals surface area contributed by atoms with Crippen LogP contribution in [0.1, 0.15) is 35.9 Å². The molecule has 5 rings (SSSR count). The van der Waals surface area contributed by atoms with E-state index < -0.39 is 0 Å². The van der Waals surface area contributed by atoms with Crippen molar-refractivity contribution in [1.29, 1.82) is 0 Å². The van der Waals surface area contributed by atoms with E-state index in [2.05, 4.69) is 17.3 Å². The highest BCUT2D eigenvalue weighted by molar-refractivity contribution is 6.06. The van der Waals surface area contributed by atoms with E-state index in [9.17, 15) is 4.79 Å². The first-order chi connectivity index (χ1) is 15.7. The number of pyridine rings is 1. The second-order valence-corrected chi connectivity index (χ2v) is 8.32. The molecule has 0 aliphatic carbocycles.